The van der Waals surface area contributed by atoms with Crippen LogP contribution in [-0.4, -0.2) is 28.5 Å². The molecule has 0 unspecified atom stereocenters. The number of nitrogens with zero attached hydrogens (tertiary/aromatic N) is 1. The van der Waals surface area contributed by atoms with E-state index < -0.39 is 11.6 Å². The van der Waals surface area contributed by atoms with E-state index in [2.05, 4.69) is 5.43 Å². The van der Waals surface area contributed by atoms with E-state index in [9.17, 15) is 9.59 Å². The first-order valence-electron chi connectivity index (χ1n) is 9.65. The van der Waals surface area contributed by atoms with Gasteiger partial charge in [-0.05, 0) is 31.9 Å². The first kappa shape index (κ1) is 20.1. The molecule has 0 spiro atoms. The monoisotopic (exact) mass is 380 g/mol. The number of hydrogen-bond donors (Lipinski definition) is 1. The molecule has 0 aliphatic carbocycles. The van der Waals surface area contributed by atoms with E-state index in [1.165, 1.54) is 0 Å². The molecule has 5 heteroatoms. The highest BCUT2D eigenvalue weighted by Gasteiger charge is 2.45. The molecule has 0 saturated carbocycles. The normalized spacial score (nSPS) is 22.8. The van der Waals surface area contributed by atoms with Gasteiger partial charge in [-0.1, -0.05) is 67.6 Å². The third kappa shape index (κ3) is 4.60. The van der Waals surface area contributed by atoms with Gasteiger partial charge in [0, 0.05) is 11.8 Å². The summed E-state index contributed by atoms with van der Waals surface area (Å²) in [5, 5.41) is 1.55. The van der Waals surface area contributed by atoms with E-state index in [1.807, 2.05) is 88.4 Å². The van der Waals surface area contributed by atoms with Gasteiger partial charge in [0.15, 0.2) is 0 Å². The fourth-order valence-electron chi connectivity index (χ4n) is 3.61. The molecule has 1 saturated heterocycles. The van der Waals surface area contributed by atoms with Gasteiger partial charge in [-0.15, -0.1) is 0 Å². The van der Waals surface area contributed by atoms with Crippen LogP contribution in [0, 0.1) is 5.92 Å². The number of hydrazine groups is 1. The molecular formula is C23H28N2O3. The van der Waals surface area contributed by atoms with Crippen molar-refractivity contribution in [1.29, 1.82) is 0 Å². The molecule has 1 amide bonds. The molecule has 2 aromatic carbocycles. The summed E-state index contributed by atoms with van der Waals surface area (Å²) in [5.41, 5.74) is 4.51. The number of esters is 1. The zero-order valence-electron chi connectivity index (χ0n) is 16.9. The maximum atomic E-state index is 13.1. The van der Waals surface area contributed by atoms with E-state index in [-0.39, 0.29) is 23.7 Å². The molecule has 1 N–H and O–H groups in total. The molecule has 5 nitrogen and oxygen atoms in total. The Morgan fingerprint density at radius 1 is 1.04 bits per heavy atom. The number of ether oxygens (including phenoxy) is 1. The van der Waals surface area contributed by atoms with Crippen LogP contribution in [0.3, 0.4) is 0 Å². The second-order valence-corrected chi connectivity index (χ2v) is 8.28. The summed E-state index contributed by atoms with van der Waals surface area (Å²) in [5.74, 6) is -1.03. The van der Waals surface area contributed by atoms with Crippen molar-refractivity contribution in [3.63, 3.8) is 0 Å². The Kier molecular flexibility index (Phi) is 5.84. The summed E-state index contributed by atoms with van der Waals surface area (Å²) < 4.78 is 5.67. The molecule has 0 aromatic heterocycles. The molecule has 3 rings (SSSR count). The minimum atomic E-state index is -0.641. The zero-order valence-corrected chi connectivity index (χ0v) is 16.9. The highest BCUT2D eigenvalue weighted by atomic mass is 16.6. The number of benzene rings is 2. The number of carbonyl (C=O) groups is 2. The maximum absolute atomic E-state index is 13.1. The Labute approximate surface area is 166 Å². The van der Waals surface area contributed by atoms with E-state index in [0.29, 0.717) is 6.54 Å². The highest BCUT2D eigenvalue weighted by molar-refractivity contribution is 5.86. The summed E-state index contributed by atoms with van der Waals surface area (Å²) in [6.07, 6.45) is 0. The predicted octanol–water partition coefficient (Wildman–Crippen LogP) is 3.66. The van der Waals surface area contributed by atoms with E-state index >= 15 is 0 Å². The van der Waals surface area contributed by atoms with Crippen molar-refractivity contribution in [1.82, 2.24) is 10.4 Å². The summed E-state index contributed by atoms with van der Waals surface area (Å²) in [6.45, 7) is 7.83. The SMILES string of the molecule is C[C@H]1C(=O)N(Cc2ccccc2)N[C@H](C(=O)OC(C)(C)C)[C@@H]1c1ccccc1. The van der Waals surface area contributed by atoms with Crippen molar-refractivity contribution in [3.8, 4) is 0 Å². The molecular weight excluding hydrogens is 352 g/mol. The predicted molar refractivity (Wildman–Crippen MR) is 108 cm³/mol. The van der Waals surface area contributed by atoms with Crippen molar-refractivity contribution in [3.05, 3.63) is 71.8 Å². The number of rotatable bonds is 4. The van der Waals surface area contributed by atoms with Crippen LogP contribution in [0.1, 0.15) is 44.7 Å². The van der Waals surface area contributed by atoms with Crippen LogP contribution in [0.2, 0.25) is 0 Å². The van der Waals surface area contributed by atoms with Gasteiger partial charge in [0.05, 0.1) is 6.54 Å². The third-order valence-electron chi connectivity index (χ3n) is 4.88. The maximum Gasteiger partial charge on any atom is 0.326 e. The molecule has 3 atom stereocenters. The molecule has 2 aromatic rings. The van der Waals surface area contributed by atoms with Crippen molar-refractivity contribution in [2.75, 3.05) is 0 Å². The highest BCUT2D eigenvalue weighted by Crippen LogP contribution is 2.34. The number of amides is 1. The van der Waals surface area contributed by atoms with Crippen LogP contribution in [0.25, 0.3) is 0 Å². The molecule has 1 heterocycles. The van der Waals surface area contributed by atoms with Crippen molar-refractivity contribution < 1.29 is 14.3 Å². The van der Waals surface area contributed by atoms with Crippen LogP contribution in [0.4, 0.5) is 0 Å². The molecule has 1 fully saturated rings. The van der Waals surface area contributed by atoms with Crippen LogP contribution in [-0.2, 0) is 20.9 Å². The summed E-state index contributed by atoms with van der Waals surface area (Å²) in [7, 11) is 0. The van der Waals surface area contributed by atoms with Gasteiger partial charge in [-0.3, -0.25) is 14.6 Å². The van der Waals surface area contributed by atoms with Crippen molar-refractivity contribution >= 4 is 11.9 Å². The lowest BCUT2D eigenvalue weighted by atomic mass is 9.79. The Morgan fingerprint density at radius 3 is 2.18 bits per heavy atom. The van der Waals surface area contributed by atoms with E-state index in [0.717, 1.165) is 11.1 Å². The van der Waals surface area contributed by atoms with Crippen LogP contribution in [0.5, 0.6) is 0 Å². The Balaban J connectivity index is 1.92. The molecule has 1 aliphatic heterocycles. The molecule has 28 heavy (non-hydrogen) atoms. The average molecular weight is 380 g/mol. The first-order chi connectivity index (χ1) is 13.3. The van der Waals surface area contributed by atoms with Gasteiger partial charge in [0.1, 0.15) is 11.6 Å². The van der Waals surface area contributed by atoms with Crippen molar-refractivity contribution in [2.24, 2.45) is 5.92 Å². The lowest BCUT2D eigenvalue weighted by molar-refractivity contribution is -0.166. The van der Waals surface area contributed by atoms with Crippen LogP contribution in [0.15, 0.2) is 60.7 Å². The summed E-state index contributed by atoms with van der Waals surface area (Å²) >= 11 is 0. The fourth-order valence-corrected chi connectivity index (χ4v) is 3.61. The zero-order chi connectivity index (χ0) is 20.3. The van der Waals surface area contributed by atoms with Gasteiger partial charge in [-0.25, -0.2) is 5.43 Å². The van der Waals surface area contributed by atoms with E-state index in [1.54, 1.807) is 5.01 Å². The van der Waals surface area contributed by atoms with Gasteiger partial charge >= 0.3 is 5.97 Å². The largest absolute Gasteiger partial charge is 0.459 e. The number of carbonyl (C=O) groups excluding carboxylic acids is 2. The fraction of sp³-hybridized carbons (Fsp3) is 0.391. The molecule has 1 aliphatic rings. The molecule has 0 radical (unpaired) electrons. The van der Waals surface area contributed by atoms with Gasteiger partial charge in [0.25, 0.3) is 0 Å². The molecule has 0 bridgehead atoms. The van der Waals surface area contributed by atoms with Gasteiger partial charge < -0.3 is 4.74 Å². The second-order valence-electron chi connectivity index (χ2n) is 8.28. The summed E-state index contributed by atoms with van der Waals surface area (Å²) in [4.78, 5) is 26.1. The minimum Gasteiger partial charge on any atom is -0.459 e. The topological polar surface area (TPSA) is 58.6 Å². The smallest absolute Gasteiger partial charge is 0.326 e. The summed E-state index contributed by atoms with van der Waals surface area (Å²) in [6, 6.07) is 18.8. The lowest BCUT2D eigenvalue weighted by Gasteiger charge is -2.42. The lowest BCUT2D eigenvalue weighted by Crippen LogP contribution is -2.62. The third-order valence-corrected chi connectivity index (χ3v) is 4.88. The van der Waals surface area contributed by atoms with Crippen LogP contribution >= 0.6 is 0 Å². The Morgan fingerprint density at radius 2 is 1.61 bits per heavy atom. The number of nitrogens with one attached hydrogen (secondary N) is 1. The van der Waals surface area contributed by atoms with E-state index in [4.69, 9.17) is 4.74 Å². The Bertz CT molecular complexity index is 811. The first-order valence-corrected chi connectivity index (χ1v) is 9.65. The average Bonchev–Trinajstić information content (AvgIpc) is 2.65. The van der Waals surface area contributed by atoms with Crippen LogP contribution < -0.4 is 5.43 Å². The van der Waals surface area contributed by atoms with Gasteiger partial charge in [0.2, 0.25) is 5.91 Å². The quantitative estimate of drug-likeness (QED) is 0.823. The molecule has 148 valence electrons. The number of hydrogen-bond acceptors (Lipinski definition) is 4. The second kappa shape index (κ2) is 8.15. The standard InChI is InChI=1S/C23H28N2O3/c1-16-19(18-13-9-6-10-14-18)20(22(27)28-23(2,3)4)24-25(21(16)26)15-17-11-7-5-8-12-17/h5-14,16,19-20,24H,15H2,1-4H3/t16-,19+,20+/m1/s1. The Hall–Kier alpha value is -2.66. The van der Waals surface area contributed by atoms with Crippen molar-refractivity contribution in [2.45, 2.75) is 51.8 Å². The van der Waals surface area contributed by atoms with Gasteiger partial charge in [-0.2, -0.15) is 0 Å². The minimum absolute atomic E-state index is 0.0301.